The summed E-state index contributed by atoms with van der Waals surface area (Å²) < 4.78 is 29.2. The van der Waals surface area contributed by atoms with Crippen LogP contribution in [0.25, 0.3) is 5.82 Å². The molecule has 1 aromatic carbocycles. The van der Waals surface area contributed by atoms with Crippen LogP contribution in [-0.4, -0.2) is 64.5 Å². The quantitative estimate of drug-likeness (QED) is 0.539. The van der Waals surface area contributed by atoms with Gasteiger partial charge in [-0.25, -0.2) is 22.4 Å². The summed E-state index contributed by atoms with van der Waals surface area (Å²) in [7, 11) is -1.79. The Morgan fingerprint density at radius 3 is 2.50 bits per heavy atom. The van der Waals surface area contributed by atoms with Crippen LogP contribution in [0.2, 0.25) is 0 Å². The molecule has 3 aromatic rings. The number of carbonyl (C=O) groups is 1. The number of sulfonamides is 1. The zero-order chi connectivity index (χ0) is 24.3. The van der Waals surface area contributed by atoms with Crippen molar-refractivity contribution in [3.05, 3.63) is 77.2 Å². The summed E-state index contributed by atoms with van der Waals surface area (Å²) in [5.74, 6) is 0.572. The second-order valence-electron chi connectivity index (χ2n) is 8.88. The Hall–Kier alpha value is -3.04. The van der Waals surface area contributed by atoms with E-state index in [1.807, 2.05) is 50.2 Å². The highest BCUT2D eigenvalue weighted by Crippen LogP contribution is 2.22. The zero-order valence-corrected chi connectivity index (χ0v) is 20.7. The van der Waals surface area contributed by atoms with Crippen LogP contribution >= 0.6 is 0 Å². The van der Waals surface area contributed by atoms with Crippen molar-refractivity contribution in [1.82, 2.24) is 24.0 Å². The lowest BCUT2D eigenvalue weighted by Gasteiger charge is -2.27. The first-order valence-corrected chi connectivity index (χ1v) is 13.1. The fourth-order valence-corrected chi connectivity index (χ4v) is 5.92. The molecule has 0 unspecified atom stereocenters. The van der Waals surface area contributed by atoms with Crippen molar-refractivity contribution < 1.29 is 13.2 Å². The van der Waals surface area contributed by atoms with Crippen LogP contribution in [0.3, 0.4) is 0 Å². The summed E-state index contributed by atoms with van der Waals surface area (Å²) in [6, 6.07) is 14.7. The highest BCUT2D eigenvalue weighted by atomic mass is 32.2. The van der Waals surface area contributed by atoms with Gasteiger partial charge in [-0.05, 0) is 56.9 Å². The van der Waals surface area contributed by atoms with Gasteiger partial charge in [0.2, 0.25) is 10.0 Å². The second-order valence-corrected chi connectivity index (χ2v) is 10.9. The standard InChI is InChI=1S/C25H31N5O3S/c1-19-16-20(2)30(27-19)24-12-11-22(17-26-24)25(31)29-14-7-10-23(13-15-29)28(3)34(32,33)18-21-8-5-4-6-9-21/h4-6,8-9,11-12,16-17,23H,7,10,13-15,18H2,1-3H3/t23-/m0/s1. The Balaban J connectivity index is 1.39. The van der Waals surface area contributed by atoms with Crippen LogP contribution in [-0.2, 0) is 15.8 Å². The van der Waals surface area contributed by atoms with Crippen LogP contribution in [0, 0.1) is 13.8 Å². The van der Waals surface area contributed by atoms with E-state index in [1.165, 1.54) is 4.31 Å². The SMILES string of the molecule is Cc1cc(C)n(-c2ccc(C(=O)N3CCC[C@H](N(C)S(=O)(=O)Cc4ccccc4)CC3)cn2)n1. The maximum Gasteiger partial charge on any atom is 0.255 e. The molecule has 0 spiro atoms. The first-order chi connectivity index (χ1) is 16.2. The highest BCUT2D eigenvalue weighted by molar-refractivity contribution is 7.88. The number of rotatable bonds is 6. The van der Waals surface area contributed by atoms with Gasteiger partial charge in [-0.3, -0.25) is 4.79 Å². The van der Waals surface area contributed by atoms with Gasteiger partial charge in [-0.15, -0.1) is 0 Å². The van der Waals surface area contributed by atoms with E-state index in [2.05, 4.69) is 10.1 Å². The van der Waals surface area contributed by atoms with Gasteiger partial charge in [0.15, 0.2) is 5.82 Å². The highest BCUT2D eigenvalue weighted by Gasteiger charge is 2.30. The molecule has 1 amide bonds. The molecule has 0 N–H and O–H groups in total. The van der Waals surface area contributed by atoms with E-state index in [4.69, 9.17) is 0 Å². The molecule has 1 saturated heterocycles. The number of likely N-dealkylation sites (tertiary alicyclic amines) is 1. The third-order valence-electron chi connectivity index (χ3n) is 6.35. The van der Waals surface area contributed by atoms with Crippen molar-refractivity contribution in [2.75, 3.05) is 20.1 Å². The Kier molecular flexibility index (Phi) is 7.13. The molecule has 180 valence electrons. The maximum atomic E-state index is 13.1. The van der Waals surface area contributed by atoms with Gasteiger partial charge in [-0.1, -0.05) is 30.3 Å². The maximum absolute atomic E-state index is 13.1. The molecule has 1 aliphatic heterocycles. The predicted molar refractivity (Wildman–Crippen MR) is 131 cm³/mol. The van der Waals surface area contributed by atoms with Crippen LogP contribution in [0.5, 0.6) is 0 Å². The van der Waals surface area contributed by atoms with Crippen molar-refractivity contribution >= 4 is 15.9 Å². The Labute approximate surface area is 201 Å². The van der Waals surface area contributed by atoms with Gasteiger partial charge in [0, 0.05) is 38.1 Å². The van der Waals surface area contributed by atoms with E-state index < -0.39 is 10.0 Å². The van der Waals surface area contributed by atoms with Crippen molar-refractivity contribution in [1.29, 1.82) is 0 Å². The number of nitrogens with zero attached hydrogens (tertiary/aromatic N) is 5. The summed E-state index contributed by atoms with van der Waals surface area (Å²) in [6.07, 6.45) is 3.67. The van der Waals surface area contributed by atoms with Crippen LogP contribution in [0.15, 0.2) is 54.7 Å². The van der Waals surface area contributed by atoms with Gasteiger partial charge >= 0.3 is 0 Å². The summed E-state index contributed by atoms with van der Waals surface area (Å²) in [6.45, 7) is 5.00. The fourth-order valence-electron chi connectivity index (χ4n) is 4.44. The molecule has 4 rings (SSSR count). The molecule has 9 heteroatoms. The molecule has 1 fully saturated rings. The largest absolute Gasteiger partial charge is 0.339 e. The molecule has 1 aliphatic rings. The minimum absolute atomic E-state index is 0.0171. The number of aryl methyl sites for hydroxylation is 2. The smallest absolute Gasteiger partial charge is 0.255 e. The molecule has 3 heterocycles. The topological polar surface area (TPSA) is 88.4 Å². The van der Waals surface area contributed by atoms with Crippen molar-refractivity contribution in [2.45, 2.75) is 44.9 Å². The molecule has 0 aliphatic carbocycles. The van der Waals surface area contributed by atoms with Crippen molar-refractivity contribution in [3.8, 4) is 5.82 Å². The Morgan fingerprint density at radius 2 is 1.85 bits per heavy atom. The normalized spacial score (nSPS) is 17.1. The average molecular weight is 482 g/mol. The van der Waals surface area contributed by atoms with E-state index in [1.54, 1.807) is 35.0 Å². The molecular weight excluding hydrogens is 450 g/mol. The second kappa shape index (κ2) is 10.1. The first kappa shape index (κ1) is 24.1. The minimum Gasteiger partial charge on any atom is -0.339 e. The van der Waals surface area contributed by atoms with Crippen LogP contribution in [0.1, 0.15) is 46.6 Å². The molecule has 8 nitrogen and oxygen atoms in total. The third kappa shape index (κ3) is 5.37. The monoisotopic (exact) mass is 481 g/mol. The summed E-state index contributed by atoms with van der Waals surface area (Å²) in [4.78, 5) is 19.4. The lowest BCUT2D eigenvalue weighted by atomic mass is 10.1. The lowest BCUT2D eigenvalue weighted by Crippen LogP contribution is -2.39. The van der Waals surface area contributed by atoms with Crippen molar-refractivity contribution in [3.63, 3.8) is 0 Å². The number of benzene rings is 1. The van der Waals surface area contributed by atoms with E-state index in [0.29, 0.717) is 30.9 Å². The Morgan fingerprint density at radius 1 is 1.09 bits per heavy atom. The number of aromatic nitrogens is 3. The molecule has 2 aromatic heterocycles. The molecule has 0 radical (unpaired) electrons. The summed E-state index contributed by atoms with van der Waals surface area (Å²) >= 11 is 0. The Bertz CT molecular complexity index is 1240. The van der Waals surface area contributed by atoms with E-state index in [0.717, 1.165) is 29.8 Å². The van der Waals surface area contributed by atoms with Crippen LogP contribution < -0.4 is 0 Å². The van der Waals surface area contributed by atoms with Gasteiger partial charge < -0.3 is 4.90 Å². The van der Waals surface area contributed by atoms with Gasteiger partial charge in [0.05, 0.1) is 17.0 Å². The molecule has 1 atom stereocenters. The van der Waals surface area contributed by atoms with E-state index in [-0.39, 0.29) is 17.7 Å². The van der Waals surface area contributed by atoms with Gasteiger partial charge in [-0.2, -0.15) is 5.10 Å². The van der Waals surface area contributed by atoms with E-state index in [9.17, 15) is 13.2 Å². The zero-order valence-electron chi connectivity index (χ0n) is 19.9. The number of pyridine rings is 1. The number of hydrogen-bond acceptors (Lipinski definition) is 5. The van der Waals surface area contributed by atoms with E-state index >= 15 is 0 Å². The summed E-state index contributed by atoms with van der Waals surface area (Å²) in [5.41, 5.74) is 3.19. The lowest BCUT2D eigenvalue weighted by molar-refractivity contribution is 0.0759. The first-order valence-electron chi connectivity index (χ1n) is 11.5. The number of carbonyl (C=O) groups excluding carboxylic acids is 1. The number of amides is 1. The van der Waals surface area contributed by atoms with Crippen LogP contribution in [0.4, 0.5) is 0 Å². The number of hydrogen-bond donors (Lipinski definition) is 0. The average Bonchev–Trinajstić information content (AvgIpc) is 3.01. The molecular formula is C25H31N5O3S. The fraction of sp³-hybridized carbons (Fsp3) is 0.400. The molecule has 0 bridgehead atoms. The summed E-state index contributed by atoms with van der Waals surface area (Å²) in [5, 5.41) is 4.43. The third-order valence-corrected chi connectivity index (χ3v) is 8.22. The van der Waals surface area contributed by atoms with Gasteiger partial charge in [0.25, 0.3) is 5.91 Å². The van der Waals surface area contributed by atoms with Gasteiger partial charge in [0.1, 0.15) is 0 Å². The van der Waals surface area contributed by atoms with Crippen molar-refractivity contribution in [2.24, 2.45) is 0 Å². The minimum atomic E-state index is -3.44. The predicted octanol–water partition coefficient (Wildman–Crippen LogP) is 3.34. The molecule has 34 heavy (non-hydrogen) atoms. The molecule has 0 saturated carbocycles.